The highest BCUT2D eigenvalue weighted by Gasteiger charge is 2.18. The van der Waals surface area contributed by atoms with Gasteiger partial charge in [0.05, 0.1) is 11.4 Å². The van der Waals surface area contributed by atoms with Crippen LogP contribution in [0.15, 0.2) is 45.8 Å². The molecule has 0 saturated carbocycles. The van der Waals surface area contributed by atoms with Gasteiger partial charge in [-0.1, -0.05) is 22.4 Å². The molecule has 0 saturated heterocycles. The van der Waals surface area contributed by atoms with E-state index in [2.05, 4.69) is 36.0 Å². The van der Waals surface area contributed by atoms with Crippen molar-refractivity contribution in [1.82, 2.24) is 14.8 Å². The van der Waals surface area contributed by atoms with Gasteiger partial charge in [0.2, 0.25) is 5.91 Å². The van der Waals surface area contributed by atoms with E-state index in [1.54, 1.807) is 12.1 Å². The fourth-order valence-electron chi connectivity index (χ4n) is 3.56. The molecule has 8 heteroatoms. The molecule has 0 unspecified atom stereocenters. The number of anilines is 1. The molecule has 0 spiro atoms. The van der Waals surface area contributed by atoms with Crippen molar-refractivity contribution in [3.8, 4) is 11.4 Å². The first-order chi connectivity index (χ1) is 14.5. The highest BCUT2D eigenvalue weighted by molar-refractivity contribution is 9.10. The molecule has 1 aliphatic rings. The van der Waals surface area contributed by atoms with Crippen LogP contribution in [0.2, 0.25) is 0 Å². The van der Waals surface area contributed by atoms with E-state index in [0.717, 1.165) is 58.0 Å². The number of aryl methyl sites for hydroxylation is 2. The lowest BCUT2D eigenvalue weighted by Gasteiger charge is -2.11. The van der Waals surface area contributed by atoms with Crippen LogP contribution in [0.4, 0.5) is 10.1 Å². The van der Waals surface area contributed by atoms with Gasteiger partial charge in [-0.15, -0.1) is 22.0 Å². The second-order valence-electron chi connectivity index (χ2n) is 7.34. The third-order valence-electron chi connectivity index (χ3n) is 5.10. The number of hydrogen-bond donors (Lipinski definition) is 1. The van der Waals surface area contributed by atoms with Crippen molar-refractivity contribution in [3.05, 3.63) is 58.1 Å². The van der Waals surface area contributed by atoms with Gasteiger partial charge in [0.15, 0.2) is 5.82 Å². The standard InChI is InChI=1S/C22H22BrFN4OS/c1-14-11-16(23)7-9-19(14)30-13-21(29)25-18-12-15(6-8-17(18)24)22-27-26-20-5-3-2-4-10-28(20)22/h6-9,11-12H,2-5,10,13H2,1H3,(H,25,29). The van der Waals surface area contributed by atoms with E-state index >= 15 is 0 Å². The quantitative estimate of drug-likeness (QED) is 0.474. The Kier molecular flexibility index (Phi) is 6.53. The van der Waals surface area contributed by atoms with Crippen LogP contribution in [0.3, 0.4) is 0 Å². The number of carbonyl (C=O) groups excluding carboxylic acids is 1. The van der Waals surface area contributed by atoms with E-state index in [4.69, 9.17) is 0 Å². The summed E-state index contributed by atoms with van der Waals surface area (Å²) in [6.07, 6.45) is 4.27. The summed E-state index contributed by atoms with van der Waals surface area (Å²) in [5.41, 5.74) is 2.00. The van der Waals surface area contributed by atoms with Crippen molar-refractivity contribution in [2.24, 2.45) is 0 Å². The molecule has 5 nitrogen and oxygen atoms in total. The third-order valence-corrected chi connectivity index (χ3v) is 6.77. The first-order valence-electron chi connectivity index (χ1n) is 9.92. The Bertz CT molecular complexity index is 1080. The molecular formula is C22H22BrFN4OS. The van der Waals surface area contributed by atoms with Crippen LogP contribution in [0.5, 0.6) is 0 Å². The van der Waals surface area contributed by atoms with Crippen LogP contribution in [-0.4, -0.2) is 26.4 Å². The summed E-state index contributed by atoms with van der Waals surface area (Å²) in [4.78, 5) is 13.5. The summed E-state index contributed by atoms with van der Waals surface area (Å²) < 4.78 is 17.5. The lowest BCUT2D eigenvalue weighted by molar-refractivity contribution is -0.113. The predicted molar refractivity (Wildman–Crippen MR) is 121 cm³/mol. The van der Waals surface area contributed by atoms with E-state index in [1.807, 2.05) is 25.1 Å². The number of rotatable bonds is 5. The number of thioether (sulfide) groups is 1. The lowest BCUT2D eigenvalue weighted by atomic mass is 10.1. The Hall–Kier alpha value is -2.19. The normalized spacial score (nSPS) is 13.6. The molecule has 0 bridgehead atoms. The number of hydrogen-bond acceptors (Lipinski definition) is 4. The van der Waals surface area contributed by atoms with Gasteiger partial charge in [0, 0.05) is 27.9 Å². The van der Waals surface area contributed by atoms with E-state index < -0.39 is 5.82 Å². The van der Waals surface area contributed by atoms with Crippen molar-refractivity contribution < 1.29 is 9.18 Å². The minimum Gasteiger partial charge on any atom is -0.323 e. The van der Waals surface area contributed by atoms with Crippen molar-refractivity contribution in [3.63, 3.8) is 0 Å². The van der Waals surface area contributed by atoms with Crippen molar-refractivity contribution in [1.29, 1.82) is 0 Å². The molecule has 2 aromatic carbocycles. The number of nitrogens with one attached hydrogen (secondary N) is 1. The molecular weight excluding hydrogens is 467 g/mol. The number of amides is 1. The summed E-state index contributed by atoms with van der Waals surface area (Å²) >= 11 is 4.87. The fraction of sp³-hybridized carbons (Fsp3) is 0.318. The van der Waals surface area contributed by atoms with E-state index in [1.165, 1.54) is 24.2 Å². The van der Waals surface area contributed by atoms with E-state index in [-0.39, 0.29) is 17.3 Å². The largest absolute Gasteiger partial charge is 0.323 e. The number of benzene rings is 2. The van der Waals surface area contributed by atoms with Gasteiger partial charge in [-0.2, -0.15) is 0 Å². The smallest absolute Gasteiger partial charge is 0.234 e. The Labute approximate surface area is 187 Å². The van der Waals surface area contributed by atoms with Crippen LogP contribution >= 0.6 is 27.7 Å². The van der Waals surface area contributed by atoms with Gasteiger partial charge in [-0.25, -0.2) is 4.39 Å². The molecule has 1 aliphatic heterocycles. The summed E-state index contributed by atoms with van der Waals surface area (Å²) in [6, 6.07) is 10.6. The molecule has 156 valence electrons. The third kappa shape index (κ3) is 4.75. The Balaban J connectivity index is 1.48. The lowest BCUT2D eigenvalue weighted by Crippen LogP contribution is -2.15. The molecule has 0 fully saturated rings. The second-order valence-corrected chi connectivity index (χ2v) is 9.28. The van der Waals surface area contributed by atoms with Gasteiger partial charge >= 0.3 is 0 Å². The molecule has 30 heavy (non-hydrogen) atoms. The summed E-state index contributed by atoms with van der Waals surface area (Å²) in [7, 11) is 0. The summed E-state index contributed by atoms with van der Waals surface area (Å²) in [6.45, 7) is 2.86. The summed E-state index contributed by atoms with van der Waals surface area (Å²) in [5, 5.41) is 11.3. The fourth-order valence-corrected chi connectivity index (χ4v) is 4.85. The van der Waals surface area contributed by atoms with Gasteiger partial charge in [0.25, 0.3) is 0 Å². The molecule has 1 N–H and O–H groups in total. The number of carbonyl (C=O) groups is 1. The number of nitrogens with zero attached hydrogens (tertiary/aromatic N) is 3. The highest BCUT2D eigenvalue weighted by Crippen LogP contribution is 2.28. The van der Waals surface area contributed by atoms with Crippen LogP contribution in [0, 0.1) is 12.7 Å². The maximum atomic E-state index is 14.4. The molecule has 0 radical (unpaired) electrons. The minimum atomic E-state index is -0.465. The molecule has 1 aromatic heterocycles. The van der Waals surface area contributed by atoms with E-state index in [9.17, 15) is 9.18 Å². The van der Waals surface area contributed by atoms with Gasteiger partial charge in [0.1, 0.15) is 11.6 Å². The van der Waals surface area contributed by atoms with Crippen molar-refractivity contribution >= 4 is 39.3 Å². The SMILES string of the molecule is Cc1cc(Br)ccc1SCC(=O)Nc1cc(-c2nnc3n2CCCCC3)ccc1F. The average molecular weight is 489 g/mol. The van der Waals surface area contributed by atoms with Crippen molar-refractivity contribution in [2.75, 3.05) is 11.1 Å². The molecule has 0 atom stereocenters. The first kappa shape index (κ1) is 21.1. The maximum Gasteiger partial charge on any atom is 0.234 e. The second kappa shape index (κ2) is 9.31. The van der Waals surface area contributed by atoms with E-state index in [0.29, 0.717) is 0 Å². The predicted octanol–water partition coefficient (Wildman–Crippen LogP) is 5.61. The molecule has 0 aliphatic carbocycles. The molecule has 1 amide bonds. The highest BCUT2D eigenvalue weighted by atomic mass is 79.9. The zero-order valence-electron chi connectivity index (χ0n) is 16.6. The zero-order valence-corrected chi connectivity index (χ0v) is 19.0. The number of halogens is 2. The average Bonchev–Trinajstić information content (AvgIpc) is 2.97. The van der Waals surface area contributed by atoms with Crippen LogP contribution in [0.25, 0.3) is 11.4 Å². The first-order valence-corrected chi connectivity index (χ1v) is 11.7. The Morgan fingerprint density at radius 2 is 2.07 bits per heavy atom. The summed E-state index contributed by atoms with van der Waals surface area (Å²) in [5.74, 6) is 1.18. The van der Waals surface area contributed by atoms with Crippen LogP contribution in [-0.2, 0) is 17.8 Å². The number of aromatic nitrogens is 3. The minimum absolute atomic E-state index is 0.164. The van der Waals surface area contributed by atoms with Gasteiger partial charge in [-0.05, 0) is 61.7 Å². The molecule has 4 rings (SSSR count). The van der Waals surface area contributed by atoms with Crippen LogP contribution in [0.1, 0.15) is 30.7 Å². The Morgan fingerprint density at radius 3 is 2.90 bits per heavy atom. The number of fused-ring (bicyclic) bond motifs is 1. The Morgan fingerprint density at radius 1 is 1.20 bits per heavy atom. The monoisotopic (exact) mass is 488 g/mol. The maximum absolute atomic E-state index is 14.4. The topological polar surface area (TPSA) is 59.8 Å². The van der Waals surface area contributed by atoms with Crippen LogP contribution < -0.4 is 5.32 Å². The van der Waals surface area contributed by atoms with Gasteiger partial charge < -0.3 is 9.88 Å². The molecule has 3 aromatic rings. The zero-order chi connectivity index (χ0) is 21.1. The molecule has 2 heterocycles. The van der Waals surface area contributed by atoms with Crippen molar-refractivity contribution in [2.45, 2.75) is 44.0 Å². The van der Waals surface area contributed by atoms with Gasteiger partial charge in [-0.3, -0.25) is 4.79 Å².